The van der Waals surface area contributed by atoms with E-state index in [4.69, 9.17) is 4.74 Å². The fraction of sp³-hybridized carbons (Fsp3) is 0.382. The Morgan fingerprint density at radius 1 is 0.780 bits per heavy atom. The van der Waals surface area contributed by atoms with Crippen molar-refractivity contribution in [3.05, 3.63) is 108 Å². The number of rotatable bonds is 11. The van der Waals surface area contributed by atoms with Crippen molar-refractivity contribution in [2.45, 2.75) is 56.7 Å². The van der Waals surface area contributed by atoms with Crippen molar-refractivity contribution < 1.29 is 19.1 Å². The molecular formula is C34H39N3O4. The number of esters is 1. The van der Waals surface area contributed by atoms with Gasteiger partial charge in [-0.2, -0.15) is 0 Å². The van der Waals surface area contributed by atoms with Crippen LogP contribution in [0.3, 0.4) is 0 Å². The second kappa shape index (κ2) is 13.6. The quantitative estimate of drug-likeness (QED) is 0.361. The molecule has 1 spiro atoms. The standard InChI is InChI=1S/C34H39N3O4/c38-31(41-26-29-15-8-3-9-16-29)25-30-32(39)37(22-18-28-13-6-2-7-14-28)34(33(40)35-30)19-23-36(24-20-34)21-10-17-27-11-4-1-5-12-27/h1-9,11-16,30H,10,17-26H2,(H,35,40). The summed E-state index contributed by atoms with van der Waals surface area (Å²) in [4.78, 5) is 44.5. The molecule has 1 atom stereocenters. The number of ether oxygens (including phenoxy) is 1. The third kappa shape index (κ3) is 7.22. The van der Waals surface area contributed by atoms with Gasteiger partial charge < -0.3 is 19.9 Å². The van der Waals surface area contributed by atoms with Crippen LogP contribution >= 0.6 is 0 Å². The Balaban J connectivity index is 1.23. The summed E-state index contributed by atoms with van der Waals surface area (Å²) >= 11 is 0. The molecule has 2 amide bonds. The molecule has 0 saturated carbocycles. The van der Waals surface area contributed by atoms with Gasteiger partial charge in [-0.15, -0.1) is 0 Å². The number of amides is 2. The average Bonchev–Trinajstić information content (AvgIpc) is 3.01. The number of aryl methyl sites for hydroxylation is 1. The van der Waals surface area contributed by atoms with Crippen molar-refractivity contribution in [2.24, 2.45) is 0 Å². The van der Waals surface area contributed by atoms with Crippen LogP contribution in [0.2, 0.25) is 0 Å². The van der Waals surface area contributed by atoms with Gasteiger partial charge >= 0.3 is 5.97 Å². The zero-order valence-electron chi connectivity index (χ0n) is 23.5. The van der Waals surface area contributed by atoms with Gasteiger partial charge in [0.2, 0.25) is 11.8 Å². The summed E-state index contributed by atoms with van der Waals surface area (Å²) in [5.74, 6) is -0.857. The zero-order chi connectivity index (χ0) is 28.5. The van der Waals surface area contributed by atoms with Crippen molar-refractivity contribution in [3.8, 4) is 0 Å². The first-order valence-electron chi connectivity index (χ1n) is 14.7. The number of nitrogens with zero attached hydrogens (tertiary/aromatic N) is 2. The summed E-state index contributed by atoms with van der Waals surface area (Å²) in [5, 5.41) is 2.91. The molecule has 5 rings (SSSR count). The van der Waals surface area contributed by atoms with Gasteiger partial charge in [-0.1, -0.05) is 91.0 Å². The maximum absolute atomic E-state index is 13.9. The molecule has 7 heteroatoms. The van der Waals surface area contributed by atoms with Crippen molar-refractivity contribution >= 4 is 17.8 Å². The SMILES string of the molecule is O=C(CC1NC(=O)C2(CCN(CCCc3ccccc3)CC2)N(CCc2ccccc2)C1=O)OCc1ccccc1. The van der Waals surface area contributed by atoms with Crippen molar-refractivity contribution in [3.63, 3.8) is 0 Å². The Morgan fingerprint density at radius 2 is 1.34 bits per heavy atom. The third-order valence-corrected chi connectivity index (χ3v) is 8.35. The van der Waals surface area contributed by atoms with E-state index in [9.17, 15) is 14.4 Å². The van der Waals surface area contributed by atoms with Gasteiger partial charge in [-0.3, -0.25) is 14.4 Å². The van der Waals surface area contributed by atoms with Crippen molar-refractivity contribution in [1.82, 2.24) is 15.1 Å². The smallest absolute Gasteiger partial charge is 0.308 e. The summed E-state index contributed by atoms with van der Waals surface area (Å²) in [7, 11) is 0. The summed E-state index contributed by atoms with van der Waals surface area (Å²) < 4.78 is 5.43. The topological polar surface area (TPSA) is 79.0 Å². The Kier molecular flexibility index (Phi) is 9.47. The average molecular weight is 554 g/mol. The van der Waals surface area contributed by atoms with Gasteiger partial charge in [0.1, 0.15) is 18.2 Å². The van der Waals surface area contributed by atoms with Gasteiger partial charge in [0, 0.05) is 19.6 Å². The highest BCUT2D eigenvalue weighted by Crippen LogP contribution is 2.34. The molecular weight excluding hydrogens is 514 g/mol. The number of piperazine rings is 1. The lowest BCUT2D eigenvalue weighted by molar-refractivity contribution is -0.163. The summed E-state index contributed by atoms with van der Waals surface area (Å²) in [5.41, 5.74) is 2.42. The highest BCUT2D eigenvalue weighted by molar-refractivity contribution is 6.01. The van der Waals surface area contributed by atoms with Crippen LogP contribution in [-0.2, 0) is 38.6 Å². The molecule has 1 N–H and O–H groups in total. The largest absolute Gasteiger partial charge is 0.461 e. The van der Waals surface area contributed by atoms with E-state index >= 15 is 0 Å². The Hall–Kier alpha value is -3.97. The monoisotopic (exact) mass is 553 g/mol. The molecule has 3 aromatic rings. The third-order valence-electron chi connectivity index (χ3n) is 8.35. The number of hydrogen-bond acceptors (Lipinski definition) is 5. The van der Waals surface area contributed by atoms with Gasteiger partial charge in [0.05, 0.1) is 6.42 Å². The highest BCUT2D eigenvalue weighted by Gasteiger charge is 2.53. The van der Waals surface area contributed by atoms with E-state index in [1.165, 1.54) is 5.56 Å². The normalized spacial score (nSPS) is 18.7. The molecule has 2 heterocycles. The summed E-state index contributed by atoms with van der Waals surface area (Å²) in [6.07, 6.45) is 3.69. The zero-order valence-corrected chi connectivity index (χ0v) is 23.5. The van der Waals surface area contributed by atoms with Gasteiger partial charge in [-0.05, 0) is 55.3 Å². The van der Waals surface area contributed by atoms with E-state index in [-0.39, 0.29) is 24.8 Å². The minimum Gasteiger partial charge on any atom is -0.461 e. The van der Waals surface area contributed by atoms with E-state index in [0.717, 1.165) is 43.6 Å². The molecule has 2 saturated heterocycles. The minimum atomic E-state index is -0.920. The number of carbonyl (C=O) groups is 3. The molecule has 2 aliphatic heterocycles. The second-order valence-electron chi connectivity index (χ2n) is 11.1. The molecule has 3 aromatic carbocycles. The number of likely N-dealkylation sites (tertiary alicyclic amines) is 1. The van der Waals surface area contributed by atoms with Gasteiger partial charge in [-0.25, -0.2) is 0 Å². The predicted molar refractivity (Wildman–Crippen MR) is 158 cm³/mol. The van der Waals surface area contributed by atoms with Crippen LogP contribution in [-0.4, -0.2) is 65.3 Å². The number of piperidine rings is 1. The van der Waals surface area contributed by atoms with Gasteiger partial charge in [0.15, 0.2) is 0 Å². The van der Waals surface area contributed by atoms with Crippen LogP contribution in [0.25, 0.3) is 0 Å². The molecule has 41 heavy (non-hydrogen) atoms. The number of hydrogen-bond donors (Lipinski definition) is 1. The van der Waals surface area contributed by atoms with E-state index in [0.29, 0.717) is 25.8 Å². The van der Waals surface area contributed by atoms with Crippen LogP contribution in [0.4, 0.5) is 0 Å². The molecule has 214 valence electrons. The highest BCUT2D eigenvalue weighted by atomic mass is 16.5. The van der Waals surface area contributed by atoms with Crippen molar-refractivity contribution in [2.75, 3.05) is 26.2 Å². The van der Waals surface area contributed by atoms with E-state index in [1.807, 2.05) is 66.7 Å². The van der Waals surface area contributed by atoms with Gasteiger partial charge in [0.25, 0.3) is 0 Å². The Labute approximate surface area is 242 Å². The lowest BCUT2D eigenvalue weighted by atomic mass is 9.81. The maximum atomic E-state index is 13.9. The molecule has 0 aromatic heterocycles. The molecule has 0 radical (unpaired) electrons. The first-order valence-corrected chi connectivity index (χ1v) is 14.7. The molecule has 2 fully saturated rings. The molecule has 1 unspecified atom stereocenters. The summed E-state index contributed by atoms with van der Waals surface area (Å²) in [6, 6.07) is 29.0. The number of nitrogens with one attached hydrogen (secondary N) is 1. The minimum absolute atomic E-state index is 0.135. The fourth-order valence-corrected chi connectivity index (χ4v) is 5.98. The summed E-state index contributed by atoms with van der Waals surface area (Å²) in [6.45, 7) is 3.03. The Morgan fingerprint density at radius 3 is 1.95 bits per heavy atom. The van der Waals surface area contributed by atoms with E-state index in [1.54, 1.807) is 4.90 Å². The van der Waals surface area contributed by atoms with Crippen molar-refractivity contribution in [1.29, 1.82) is 0 Å². The Bertz CT molecular complexity index is 1290. The molecule has 7 nitrogen and oxygen atoms in total. The van der Waals surface area contributed by atoms with Crippen LogP contribution in [0.1, 0.15) is 42.4 Å². The van der Waals surface area contributed by atoms with Crippen LogP contribution in [0, 0.1) is 0 Å². The van der Waals surface area contributed by atoms with Crippen LogP contribution in [0.5, 0.6) is 0 Å². The number of carbonyl (C=O) groups excluding carboxylic acids is 3. The van der Waals surface area contributed by atoms with Crippen LogP contribution < -0.4 is 5.32 Å². The first-order chi connectivity index (χ1) is 20.0. The molecule has 0 bridgehead atoms. The van der Waals surface area contributed by atoms with E-state index in [2.05, 4.69) is 34.5 Å². The molecule has 0 aliphatic carbocycles. The van der Waals surface area contributed by atoms with E-state index < -0.39 is 17.6 Å². The lowest BCUT2D eigenvalue weighted by Gasteiger charge is -2.51. The maximum Gasteiger partial charge on any atom is 0.308 e. The first kappa shape index (κ1) is 28.6. The van der Waals surface area contributed by atoms with Crippen LogP contribution in [0.15, 0.2) is 91.0 Å². The number of benzene rings is 3. The lowest BCUT2D eigenvalue weighted by Crippen LogP contribution is -2.73. The fourth-order valence-electron chi connectivity index (χ4n) is 5.98. The molecule has 2 aliphatic rings. The second-order valence-corrected chi connectivity index (χ2v) is 11.1. The predicted octanol–water partition coefficient (Wildman–Crippen LogP) is 4.16.